The molecule has 0 heterocycles. The summed E-state index contributed by atoms with van der Waals surface area (Å²) in [7, 11) is 0. The van der Waals surface area contributed by atoms with Crippen LogP contribution in [-0.2, 0) is 6.54 Å². The molecule has 0 saturated carbocycles. The summed E-state index contributed by atoms with van der Waals surface area (Å²) in [5.74, 6) is -1.67. The fraction of sp³-hybridized carbons (Fsp3) is 0.278. The number of carbonyl (C=O) groups excluding carboxylic acids is 1. The average Bonchev–Trinajstić information content (AvgIpc) is 2.57. The summed E-state index contributed by atoms with van der Waals surface area (Å²) < 4.78 is 27.5. The summed E-state index contributed by atoms with van der Waals surface area (Å²) >= 11 is 0. The second-order valence-corrected chi connectivity index (χ2v) is 5.50. The van der Waals surface area contributed by atoms with Crippen molar-refractivity contribution in [2.24, 2.45) is 0 Å². The molecule has 0 aliphatic rings. The Hall–Kier alpha value is -2.47. The number of hydrogen-bond acceptors (Lipinski definition) is 2. The van der Waals surface area contributed by atoms with E-state index in [0.29, 0.717) is 6.42 Å². The van der Waals surface area contributed by atoms with Gasteiger partial charge >= 0.3 is 6.03 Å². The van der Waals surface area contributed by atoms with E-state index in [1.165, 1.54) is 11.0 Å². The lowest BCUT2D eigenvalue weighted by Gasteiger charge is -2.29. The van der Waals surface area contributed by atoms with Crippen molar-refractivity contribution in [3.05, 3.63) is 65.7 Å². The van der Waals surface area contributed by atoms with Gasteiger partial charge in [0.05, 0.1) is 0 Å². The van der Waals surface area contributed by atoms with Crippen molar-refractivity contribution in [1.82, 2.24) is 4.90 Å². The first-order chi connectivity index (χ1) is 11.5. The van der Waals surface area contributed by atoms with Gasteiger partial charge < -0.3 is 15.3 Å². The Morgan fingerprint density at radius 2 is 1.75 bits per heavy atom. The van der Waals surface area contributed by atoms with Crippen molar-refractivity contribution in [3.8, 4) is 0 Å². The number of benzene rings is 2. The highest BCUT2D eigenvalue weighted by Gasteiger charge is 2.22. The van der Waals surface area contributed by atoms with Gasteiger partial charge in [-0.05, 0) is 31.0 Å². The van der Waals surface area contributed by atoms with Crippen LogP contribution in [0.25, 0.3) is 0 Å². The molecule has 0 saturated heterocycles. The SMILES string of the molecule is CC(CCO)N(Cc1ccccc1)C(=O)Nc1c(F)cccc1F. The maximum absolute atomic E-state index is 13.7. The zero-order valence-corrected chi connectivity index (χ0v) is 13.4. The average molecular weight is 334 g/mol. The van der Waals surface area contributed by atoms with E-state index in [4.69, 9.17) is 5.11 Å². The van der Waals surface area contributed by atoms with Crippen LogP contribution in [0.2, 0.25) is 0 Å². The van der Waals surface area contributed by atoms with E-state index >= 15 is 0 Å². The topological polar surface area (TPSA) is 52.6 Å². The number of halogens is 2. The standard InChI is InChI=1S/C18H20F2N2O2/c1-13(10-11-23)22(12-14-6-3-2-4-7-14)18(24)21-17-15(19)8-5-9-16(17)20/h2-9,13,23H,10-12H2,1H3,(H,21,24). The Balaban J connectivity index is 2.21. The molecule has 24 heavy (non-hydrogen) atoms. The fourth-order valence-electron chi connectivity index (χ4n) is 2.35. The smallest absolute Gasteiger partial charge is 0.322 e. The molecule has 0 aromatic heterocycles. The number of anilines is 1. The van der Waals surface area contributed by atoms with E-state index in [2.05, 4.69) is 5.32 Å². The first kappa shape index (κ1) is 17.9. The summed E-state index contributed by atoms with van der Waals surface area (Å²) in [4.78, 5) is 14.0. The molecule has 2 aromatic carbocycles. The van der Waals surface area contributed by atoms with Gasteiger partial charge in [-0.3, -0.25) is 0 Å². The molecule has 0 spiro atoms. The molecular weight excluding hydrogens is 314 g/mol. The molecule has 0 aliphatic heterocycles. The van der Waals surface area contributed by atoms with Crippen LogP contribution in [0.4, 0.5) is 19.3 Å². The Bertz CT molecular complexity index is 660. The van der Waals surface area contributed by atoms with Crippen LogP contribution in [0.3, 0.4) is 0 Å². The maximum atomic E-state index is 13.7. The molecular formula is C18H20F2N2O2. The summed E-state index contributed by atoms with van der Waals surface area (Å²) in [5, 5.41) is 11.4. The van der Waals surface area contributed by atoms with Gasteiger partial charge in [0, 0.05) is 19.2 Å². The molecule has 0 radical (unpaired) electrons. The van der Waals surface area contributed by atoms with Gasteiger partial charge in [0.1, 0.15) is 17.3 Å². The minimum absolute atomic E-state index is 0.0895. The summed E-state index contributed by atoms with van der Waals surface area (Å²) in [5.41, 5.74) is 0.406. The number of carbonyl (C=O) groups is 1. The molecule has 4 nitrogen and oxygen atoms in total. The fourth-order valence-corrected chi connectivity index (χ4v) is 2.35. The zero-order chi connectivity index (χ0) is 17.5. The predicted octanol–water partition coefficient (Wildman–Crippen LogP) is 3.77. The van der Waals surface area contributed by atoms with Gasteiger partial charge in [-0.2, -0.15) is 0 Å². The van der Waals surface area contributed by atoms with Gasteiger partial charge in [-0.25, -0.2) is 13.6 Å². The van der Waals surface area contributed by atoms with Crippen LogP contribution in [0.5, 0.6) is 0 Å². The predicted molar refractivity (Wildman–Crippen MR) is 88.5 cm³/mol. The van der Waals surface area contributed by atoms with Crippen LogP contribution in [0.1, 0.15) is 18.9 Å². The lowest BCUT2D eigenvalue weighted by Crippen LogP contribution is -2.41. The number of nitrogens with zero attached hydrogens (tertiary/aromatic N) is 1. The van der Waals surface area contributed by atoms with E-state index in [1.807, 2.05) is 30.3 Å². The van der Waals surface area contributed by atoms with Crippen molar-refractivity contribution in [2.45, 2.75) is 25.9 Å². The van der Waals surface area contributed by atoms with Gasteiger partial charge in [0.25, 0.3) is 0 Å². The number of aliphatic hydroxyl groups excluding tert-OH is 1. The first-order valence-corrected chi connectivity index (χ1v) is 7.69. The number of rotatable bonds is 6. The molecule has 2 amide bonds. The van der Waals surface area contributed by atoms with Gasteiger partial charge in [-0.1, -0.05) is 36.4 Å². The molecule has 1 unspecified atom stereocenters. The lowest BCUT2D eigenvalue weighted by molar-refractivity contribution is 0.169. The third kappa shape index (κ3) is 4.52. The number of hydrogen-bond donors (Lipinski definition) is 2. The second kappa shape index (κ2) is 8.40. The molecule has 128 valence electrons. The molecule has 2 rings (SSSR count). The molecule has 0 bridgehead atoms. The molecule has 0 fully saturated rings. The summed E-state index contributed by atoms with van der Waals surface area (Å²) in [6, 6.07) is 11.7. The van der Waals surface area contributed by atoms with Crippen LogP contribution >= 0.6 is 0 Å². The minimum atomic E-state index is -0.835. The number of amides is 2. The van der Waals surface area contributed by atoms with Crippen molar-refractivity contribution < 1.29 is 18.7 Å². The maximum Gasteiger partial charge on any atom is 0.322 e. The van der Waals surface area contributed by atoms with E-state index in [1.54, 1.807) is 6.92 Å². The van der Waals surface area contributed by atoms with E-state index in [9.17, 15) is 13.6 Å². The highest BCUT2D eigenvalue weighted by molar-refractivity contribution is 5.89. The Labute approximate surface area is 139 Å². The third-order valence-corrected chi connectivity index (χ3v) is 3.73. The highest BCUT2D eigenvalue weighted by atomic mass is 19.1. The normalized spacial score (nSPS) is 11.8. The highest BCUT2D eigenvalue weighted by Crippen LogP contribution is 2.20. The number of aliphatic hydroxyl groups is 1. The first-order valence-electron chi connectivity index (χ1n) is 7.69. The third-order valence-electron chi connectivity index (χ3n) is 3.73. The molecule has 6 heteroatoms. The van der Waals surface area contributed by atoms with E-state index in [0.717, 1.165) is 17.7 Å². The van der Waals surface area contributed by atoms with Gasteiger partial charge in [0.2, 0.25) is 0 Å². The van der Waals surface area contributed by atoms with Crippen LogP contribution in [0.15, 0.2) is 48.5 Å². The minimum Gasteiger partial charge on any atom is -0.396 e. The monoisotopic (exact) mass is 334 g/mol. The number of urea groups is 1. The molecule has 2 aromatic rings. The lowest BCUT2D eigenvalue weighted by atomic mass is 10.1. The van der Waals surface area contributed by atoms with Crippen LogP contribution < -0.4 is 5.32 Å². The Morgan fingerprint density at radius 1 is 1.12 bits per heavy atom. The quantitative estimate of drug-likeness (QED) is 0.845. The van der Waals surface area contributed by atoms with Crippen molar-refractivity contribution in [3.63, 3.8) is 0 Å². The number of para-hydroxylation sites is 1. The summed E-state index contributed by atoms with van der Waals surface area (Å²) in [6.45, 7) is 1.95. The Kier molecular flexibility index (Phi) is 6.26. The van der Waals surface area contributed by atoms with E-state index in [-0.39, 0.29) is 19.2 Å². The van der Waals surface area contributed by atoms with Crippen molar-refractivity contribution >= 4 is 11.7 Å². The zero-order valence-electron chi connectivity index (χ0n) is 13.4. The molecule has 0 aliphatic carbocycles. The second-order valence-electron chi connectivity index (χ2n) is 5.50. The van der Waals surface area contributed by atoms with Crippen molar-refractivity contribution in [1.29, 1.82) is 0 Å². The number of nitrogens with one attached hydrogen (secondary N) is 1. The summed E-state index contributed by atoms with van der Waals surface area (Å²) in [6.07, 6.45) is 0.361. The van der Waals surface area contributed by atoms with Crippen LogP contribution in [-0.4, -0.2) is 28.7 Å². The van der Waals surface area contributed by atoms with Crippen molar-refractivity contribution in [2.75, 3.05) is 11.9 Å². The Morgan fingerprint density at radius 3 is 2.33 bits per heavy atom. The van der Waals surface area contributed by atoms with Crippen LogP contribution in [0, 0.1) is 11.6 Å². The van der Waals surface area contributed by atoms with Gasteiger partial charge in [0.15, 0.2) is 0 Å². The largest absolute Gasteiger partial charge is 0.396 e. The van der Waals surface area contributed by atoms with Gasteiger partial charge in [-0.15, -0.1) is 0 Å². The van der Waals surface area contributed by atoms with E-state index < -0.39 is 23.4 Å². The molecule has 2 N–H and O–H groups in total. The molecule has 1 atom stereocenters.